The van der Waals surface area contributed by atoms with Gasteiger partial charge in [-0.15, -0.1) is 0 Å². The van der Waals surface area contributed by atoms with Crippen LogP contribution in [0.1, 0.15) is 19.3 Å². The summed E-state index contributed by atoms with van der Waals surface area (Å²) in [5.74, 6) is -1.90. The number of carbonyl (C=O) groups is 2. The van der Waals surface area contributed by atoms with E-state index in [2.05, 4.69) is 0 Å². The Bertz CT molecular complexity index is 109. The maximum atomic E-state index is 9.79. The molecule has 4 nitrogen and oxygen atoms in total. The summed E-state index contributed by atoms with van der Waals surface area (Å²) in [5, 5.41) is 16.1. The fraction of sp³-hybridized carbons (Fsp3) is 0.600. The van der Waals surface area contributed by atoms with E-state index in [1.54, 1.807) is 0 Å². The van der Waals surface area contributed by atoms with Crippen molar-refractivity contribution < 1.29 is 36.6 Å². The van der Waals surface area contributed by atoms with Crippen molar-refractivity contribution in [2.75, 3.05) is 0 Å². The first-order valence-electron chi connectivity index (χ1n) is 2.56. The van der Waals surface area contributed by atoms with Crippen molar-refractivity contribution in [3.63, 3.8) is 0 Å². The molecule has 0 aromatic carbocycles. The predicted octanol–water partition coefficient (Wildman–Crippen LogP) is 0.323. The summed E-state index contributed by atoms with van der Waals surface area (Å²) >= 11 is 0. The quantitative estimate of drug-likeness (QED) is 0.671. The van der Waals surface area contributed by atoms with Crippen molar-refractivity contribution in [3.8, 4) is 0 Å². The van der Waals surface area contributed by atoms with Crippen LogP contribution in [0.5, 0.6) is 0 Å². The van der Waals surface area contributed by atoms with Gasteiger partial charge in [0.25, 0.3) is 0 Å². The molecule has 10 heavy (non-hydrogen) atoms. The van der Waals surface area contributed by atoms with Crippen molar-refractivity contribution in [1.29, 1.82) is 0 Å². The van der Waals surface area contributed by atoms with E-state index in [1.165, 1.54) is 0 Å². The fourth-order valence-electron chi connectivity index (χ4n) is 0.391. The summed E-state index contributed by atoms with van der Waals surface area (Å²) < 4.78 is 0. The standard InChI is InChI=1S/C5H8O4.Co/c6-4(7)2-1-3-5(8)9;/h1-3H2,(H,6,7)(H,8,9);. The molecule has 0 atom stereocenters. The van der Waals surface area contributed by atoms with Gasteiger partial charge in [0.2, 0.25) is 0 Å². The average Bonchev–Trinajstić information content (AvgIpc) is 1.63. The van der Waals surface area contributed by atoms with Crippen LogP contribution in [0.3, 0.4) is 0 Å². The average molecular weight is 191 g/mol. The van der Waals surface area contributed by atoms with Crippen LogP contribution < -0.4 is 0 Å². The van der Waals surface area contributed by atoms with E-state index < -0.39 is 11.9 Å². The van der Waals surface area contributed by atoms with Gasteiger partial charge in [0.15, 0.2) is 0 Å². The second kappa shape index (κ2) is 6.56. The van der Waals surface area contributed by atoms with Crippen LogP contribution in [-0.4, -0.2) is 22.2 Å². The molecule has 0 bridgehead atoms. The molecule has 0 aliphatic heterocycles. The van der Waals surface area contributed by atoms with Crippen LogP contribution in [0.25, 0.3) is 0 Å². The van der Waals surface area contributed by atoms with Crippen LogP contribution in [0.2, 0.25) is 0 Å². The van der Waals surface area contributed by atoms with Gasteiger partial charge >= 0.3 is 11.9 Å². The van der Waals surface area contributed by atoms with Crippen molar-refractivity contribution in [2.45, 2.75) is 19.3 Å². The Labute approximate surface area is 68.4 Å². The third-order valence-electron chi connectivity index (χ3n) is 0.781. The second-order valence-corrected chi connectivity index (χ2v) is 1.64. The van der Waals surface area contributed by atoms with Gasteiger partial charge in [-0.2, -0.15) is 0 Å². The van der Waals surface area contributed by atoms with Crippen molar-refractivity contribution in [3.05, 3.63) is 0 Å². The maximum Gasteiger partial charge on any atom is 0.303 e. The Morgan fingerprint density at radius 2 is 1.30 bits per heavy atom. The summed E-state index contributed by atoms with van der Waals surface area (Å²) in [6, 6.07) is 0. The third kappa shape index (κ3) is 10.4. The molecule has 0 fully saturated rings. The van der Waals surface area contributed by atoms with Crippen molar-refractivity contribution in [2.24, 2.45) is 0 Å². The Kier molecular flexibility index (Phi) is 7.98. The van der Waals surface area contributed by atoms with Gasteiger partial charge in [0, 0.05) is 29.6 Å². The molecule has 61 valence electrons. The molecule has 5 heteroatoms. The smallest absolute Gasteiger partial charge is 0.303 e. The first kappa shape index (κ1) is 12.2. The van der Waals surface area contributed by atoms with E-state index in [0.29, 0.717) is 0 Å². The van der Waals surface area contributed by atoms with Crippen LogP contribution in [0.15, 0.2) is 0 Å². The van der Waals surface area contributed by atoms with Crippen LogP contribution >= 0.6 is 0 Å². The van der Waals surface area contributed by atoms with Crippen LogP contribution in [-0.2, 0) is 26.4 Å². The van der Waals surface area contributed by atoms with Crippen molar-refractivity contribution in [1.82, 2.24) is 0 Å². The molecular weight excluding hydrogens is 183 g/mol. The molecule has 0 aliphatic carbocycles. The monoisotopic (exact) mass is 191 g/mol. The second-order valence-electron chi connectivity index (χ2n) is 1.64. The molecule has 0 aliphatic rings. The zero-order chi connectivity index (χ0) is 7.28. The molecule has 0 aromatic heterocycles. The van der Waals surface area contributed by atoms with Gasteiger partial charge in [-0.1, -0.05) is 0 Å². The summed E-state index contributed by atoms with van der Waals surface area (Å²) in [5.41, 5.74) is 0. The molecule has 0 rings (SSSR count). The number of hydrogen-bond acceptors (Lipinski definition) is 2. The van der Waals surface area contributed by atoms with Crippen molar-refractivity contribution >= 4 is 11.9 Å². The van der Waals surface area contributed by atoms with E-state index >= 15 is 0 Å². The minimum absolute atomic E-state index is 0. The summed E-state index contributed by atoms with van der Waals surface area (Å²) in [4.78, 5) is 19.6. The van der Waals surface area contributed by atoms with Crippen LogP contribution in [0, 0.1) is 0 Å². The topological polar surface area (TPSA) is 74.6 Å². The third-order valence-corrected chi connectivity index (χ3v) is 0.781. The summed E-state index contributed by atoms with van der Waals surface area (Å²) in [6.45, 7) is 0. The SMILES string of the molecule is O=C(O)CCCC(=O)O.[Co]. The first-order valence-corrected chi connectivity index (χ1v) is 2.56. The molecule has 0 saturated carbocycles. The van der Waals surface area contributed by atoms with Crippen LogP contribution in [0.4, 0.5) is 0 Å². The molecule has 0 aromatic rings. The normalized spacial score (nSPS) is 8.00. The zero-order valence-electron chi connectivity index (χ0n) is 5.17. The molecule has 1 radical (unpaired) electrons. The summed E-state index contributed by atoms with van der Waals surface area (Å²) in [7, 11) is 0. The summed E-state index contributed by atoms with van der Waals surface area (Å²) in [6.07, 6.45) is 0.0866. The largest absolute Gasteiger partial charge is 0.481 e. The molecule has 0 spiro atoms. The van der Waals surface area contributed by atoms with E-state index in [-0.39, 0.29) is 36.0 Å². The van der Waals surface area contributed by atoms with E-state index in [4.69, 9.17) is 10.2 Å². The molecule has 0 heterocycles. The predicted molar refractivity (Wildman–Crippen MR) is 29.1 cm³/mol. The molecular formula is C5H8CoO4. The molecule has 0 amide bonds. The molecule has 2 N–H and O–H groups in total. The number of carboxylic acid groups (broad SMARTS) is 2. The maximum absolute atomic E-state index is 9.79. The van der Waals surface area contributed by atoms with Gasteiger partial charge in [0.1, 0.15) is 0 Å². The van der Waals surface area contributed by atoms with E-state index in [9.17, 15) is 9.59 Å². The number of aliphatic carboxylic acids is 2. The fourth-order valence-corrected chi connectivity index (χ4v) is 0.391. The minimum Gasteiger partial charge on any atom is -0.481 e. The van der Waals surface area contributed by atoms with Gasteiger partial charge in [-0.05, 0) is 6.42 Å². The Morgan fingerprint density at radius 1 is 1.00 bits per heavy atom. The minimum atomic E-state index is -0.948. The van der Waals surface area contributed by atoms with Gasteiger partial charge in [-0.3, -0.25) is 9.59 Å². The van der Waals surface area contributed by atoms with E-state index in [0.717, 1.165) is 0 Å². The number of hydrogen-bond donors (Lipinski definition) is 2. The Hall–Kier alpha value is -0.554. The van der Waals surface area contributed by atoms with E-state index in [1.807, 2.05) is 0 Å². The molecule has 0 saturated heterocycles. The first-order chi connectivity index (χ1) is 4.13. The number of rotatable bonds is 4. The van der Waals surface area contributed by atoms with Gasteiger partial charge < -0.3 is 10.2 Å². The Balaban J connectivity index is 0. The zero-order valence-corrected chi connectivity index (χ0v) is 6.21. The van der Waals surface area contributed by atoms with Gasteiger partial charge in [-0.25, -0.2) is 0 Å². The van der Waals surface area contributed by atoms with Gasteiger partial charge in [0.05, 0.1) is 0 Å². The molecule has 0 unspecified atom stereocenters. The Morgan fingerprint density at radius 3 is 1.50 bits per heavy atom. The number of carboxylic acids is 2.